The van der Waals surface area contributed by atoms with Crippen molar-refractivity contribution < 1.29 is 5.11 Å². The molecule has 0 fully saturated rings. The van der Waals surface area contributed by atoms with Crippen molar-refractivity contribution in [1.29, 1.82) is 0 Å². The van der Waals surface area contributed by atoms with Crippen LogP contribution in [-0.4, -0.2) is 31.7 Å². The Labute approximate surface area is 99.6 Å². The Bertz CT molecular complexity index is 479. The molecule has 0 saturated carbocycles. The highest BCUT2D eigenvalue weighted by atomic mass is 16.3. The summed E-state index contributed by atoms with van der Waals surface area (Å²) in [7, 11) is 3.88. The molecule has 0 radical (unpaired) electrons. The number of anilines is 1. The SMILES string of the molecule is CN(Cc1nccn1C)c1cnc(CO)cn1. The maximum Gasteiger partial charge on any atom is 0.147 e. The zero-order valence-corrected chi connectivity index (χ0v) is 9.91. The van der Waals surface area contributed by atoms with Crippen molar-refractivity contribution in [2.45, 2.75) is 13.2 Å². The molecule has 0 saturated heterocycles. The van der Waals surface area contributed by atoms with Gasteiger partial charge in [-0.1, -0.05) is 0 Å². The largest absolute Gasteiger partial charge is 0.390 e. The van der Waals surface area contributed by atoms with Crippen LogP contribution in [-0.2, 0) is 20.2 Å². The third kappa shape index (κ3) is 2.59. The Morgan fingerprint density at radius 2 is 2.12 bits per heavy atom. The lowest BCUT2D eigenvalue weighted by Crippen LogP contribution is -2.20. The molecule has 0 aliphatic carbocycles. The van der Waals surface area contributed by atoms with Crippen LogP contribution in [0, 0.1) is 0 Å². The molecule has 0 aliphatic heterocycles. The fourth-order valence-corrected chi connectivity index (χ4v) is 1.47. The summed E-state index contributed by atoms with van der Waals surface area (Å²) in [5.41, 5.74) is 0.569. The molecule has 6 heteroatoms. The summed E-state index contributed by atoms with van der Waals surface area (Å²) >= 11 is 0. The number of imidazole rings is 1. The minimum atomic E-state index is -0.0869. The summed E-state index contributed by atoms with van der Waals surface area (Å²) in [4.78, 5) is 14.5. The van der Waals surface area contributed by atoms with E-state index in [9.17, 15) is 0 Å². The van der Waals surface area contributed by atoms with Gasteiger partial charge in [0, 0.05) is 26.5 Å². The molecule has 0 aromatic carbocycles. The fraction of sp³-hybridized carbons (Fsp3) is 0.364. The van der Waals surface area contributed by atoms with Crippen molar-refractivity contribution in [3.63, 3.8) is 0 Å². The van der Waals surface area contributed by atoms with E-state index in [-0.39, 0.29) is 6.61 Å². The third-order valence-corrected chi connectivity index (χ3v) is 2.54. The number of aliphatic hydroxyl groups excluding tert-OH is 1. The number of aryl methyl sites for hydroxylation is 1. The number of aromatic nitrogens is 4. The second kappa shape index (κ2) is 4.92. The molecule has 2 aromatic rings. The lowest BCUT2D eigenvalue weighted by atomic mass is 10.4. The van der Waals surface area contributed by atoms with Crippen LogP contribution < -0.4 is 4.90 Å². The molecule has 0 amide bonds. The van der Waals surface area contributed by atoms with Gasteiger partial charge < -0.3 is 14.6 Å². The number of nitrogens with zero attached hydrogens (tertiary/aromatic N) is 5. The van der Waals surface area contributed by atoms with E-state index >= 15 is 0 Å². The highest BCUT2D eigenvalue weighted by Gasteiger charge is 2.07. The second-order valence-electron chi connectivity index (χ2n) is 3.83. The van der Waals surface area contributed by atoms with E-state index in [4.69, 9.17) is 5.11 Å². The number of hydrogen-bond donors (Lipinski definition) is 1. The van der Waals surface area contributed by atoms with Gasteiger partial charge in [-0.3, -0.25) is 4.98 Å². The van der Waals surface area contributed by atoms with E-state index < -0.39 is 0 Å². The van der Waals surface area contributed by atoms with Gasteiger partial charge in [-0.05, 0) is 0 Å². The summed E-state index contributed by atoms with van der Waals surface area (Å²) in [5, 5.41) is 8.88. The van der Waals surface area contributed by atoms with Crippen molar-refractivity contribution in [2.75, 3.05) is 11.9 Å². The lowest BCUT2D eigenvalue weighted by molar-refractivity contribution is 0.276. The Kier molecular flexibility index (Phi) is 3.34. The van der Waals surface area contributed by atoms with E-state index in [1.54, 1.807) is 18.6 Å². The van der Waals surface area contributed by atoms with Gasteiger partial charge in [-0.15, -0.1) is 0 Å². The number of rotatable bonds is 4. The van der Waals surface area contributed by atoms with Crippen LogP contribution in [0.5, 0.6) is 0 Å². The van der Waals surface area contributed by atoms with Crippen LogP contribution in [0.25, 0.3) is 0 Å². The predicted octanol–water partition coefficient (Wildman–Crippen LogP) is 0.339. The molecule has 0 aliphatic rings. The summed E-state index contributed by atoms with van der Waals surface area (Å²) in [6, 6.07) is 0. The monoisotopic (exact) mass is 233 g/mol. The summed E-state index contributed by atoms with van der Waals surface area (Å²) < 4.78 is 1.96. The van der Waals surface area contributed by atoms with Gasteiger partial charge >= 0.3 is 0 Å². The van der Waals surface area contributed by atoms with Crippen molar-refractivity contribution in [1.82, 2.24) is 19.5 Å². The number of aliphatic hydroxyl groups is 1. The van der Waals surface area contributed by atoms with Gasteiger partial charge in [0.25, 0.3) is 0 Å². The molecule has 1 N–H and O–H groups in total. The summed E-state index contributed by atoms with van der Waals surface area (Å²) in [5.74, 6) is 1.71. The molecule has 2 heterocycles. The topological polar surface area (TPSA) is 67.1 Å². The van der Waals surface area contributed by atoms with Crippen LogP contribution in [0.4, 0.5) is 5.82 Å². The molecular weight excluding hydrogens is 218 g/mol. The van der Waals surface area contributed by atoms with Gasteiger partial charge in [0.05, 0.1) is 31.2 Å². The lowest BCUT2D eigenvalue weighted by Gasteiger charge is -2.17. The molecule has 0 bridgehead atoms. The average Bonchev–Trinajstić information content (AvgIpc) is 2.75. The maximum atomic E-state index is 8.88. The van der Waals surface area contributed by atoms with Gasteiger partial charge in [0.15, 0.2) is 0 Å². The molecule has 90 valence electrons. The smallest absolute Gasteiger partial charge is 0.147 e. The summed E-state index contributed by atoms with van der Waals surface area (Å²) in [6.45, 7) is 0.576. The van der Waals surface area contributed by atoms with E-state index in [1.807, 2.05) is 29.8 Å². The average molecular weight is 233 g/mol. The molecule has 2 rings (SSSR count). The first-order chi connectivity index (χ1) is 8.20. The first kappa shape index (κ1) is 11.5. The standard InChI is InChI=1S/C11H15N5O/c1-15-4-3-12-11(15)7-16(2)10-6-13-9(8-17)5-14-10/h3-6,17H,7-8H2,1-2H3. The van der Waals surface area contributed by atoms with Crippen molar-refractivity contribution in [3.05, 3.63) is 36.3 Å². The molecule has 2 aromatic heterocycles. The van der Waals surface area contributed by atoms with Crippen LogP contribution >= 0.6 is 0 Å². The number of hydrogen-bond acceptors (Lipinski definition) is 5. The molecule has 0 unspecified atom stereocenters. The zero-order valence-electron chi connectivity index (χ0n) is 9.91. The van der Waals surface area contributed by atoms with E-state index in [1.165, 1.54) is 0 Å². The minimum absolute atomic E-state index is 0.0869. The first-order valence-electron chi connectivity index (χ1n) is 5.30. The zero-order chi connectivity index (χ0) is 12.3. The van der Waals surface area contributed by atoms with Gasteiger partial charge in [-0.25, -0.2) is 9.97 Å². The third-order valence-electron chi connectivity index (χ3n) is 2.54. The van der Waals surface area contributed by atoms with E-state index in [0.29, 0.717) is 12.2 Å². The molecule has 0 spiro atoms. The highest BCUT2D eigenvalue weighted by molar-refractivity contribution is 5.34. The predicted molar refractivity (Wildman–Crippen MR) is 63.3 cm³/mol. The van der Waals surface area contributed by atoms with Gasteiger partial charge in [0.2, 0.25) is 0 Å². The Morgan fingerprint density at radius 3 is 2.65 bits per heavy atom. The van der Waals surface area contributed by atoms with Crippen molar-refractivity contribution in [2.24, 2.45) is 7.05 Å². The van der Waals surface area contributed by atoms with Crippen LogP contribution in [0.1, 0.15) is 11.5 Å². The van der Waals surface area contributed by atoms with Gasteiger partial charge in [0.1, 0.15) is 11.6 Å². The minimum Gasteiger partial charge on any atom is -0.390 e. The van der Waals surface area contributed by atoms with E-state index in [2.05, 4.69) is 15.0 Å². The first-order valence-corrected chi connectivity index (χ1v) is 5.30. The Balaban J connectivity index is 2.09. The van der Waals surface area contributed by atoms with Crippen LogP contribution in [0.2, 0.25) is 0 Å². The normalized spacial score (nSPS) is 10.5. The quantitative estimate of drug-likeness (QED) is 0.824. The van der Waals surface area contributed by atoms with Crippen LogP contribution in [0.15, 0.2) is 24.8 Å². The molecular formula is C11H15N5O. The fourth-order valence-electron chi connectivity index (χ4n) is 1.47. The van der Waals surface area contributed by atoms with Gasteiger partial charge in [-0.2, -0.15) is 0 Å². The summed E-state index contributed by atoms with van der Waals surface area (Å²) in [6.07, 6.45) is 6.90. The molecule has 17 heavy (non-hydrogen) atoms. The Hall–Kier alpha value is -1.95. The highest BCUT2D eigenvalue weighted by Crippen LogP contribution is 2.10. The second-order valence-corrected chi connectivity index (χ2v) is 3.83. The Morgan fingerprint density at radius 1 is 1.29 bits per heavy atom. The van der Waals surface area contributed by atoms with Crippen molar-refractivity contribution in [3.8, 4) is 0 Å². The molecule has 6 nitrogen and oxygen atoms in total. The molecule has 0 atom stereocenters. The van der Waals surface area contributed by atoms with E-state index in [0.717, 1.165) is 11.6 Å². The van der Waals surface area contributed by atoms with Crippen LogP contribution in [0.3, 0.4) is 0 Å². The maximum absolute atomic E-state index is 8.88. The van der Waals surface area contributed by atoms with Crippen molar-refractivity contribution >= 4 is 5.82 Å².